The number of benzene rings is 1. The van der Waals surface area contributed by atoms with Crippen molar-refractivity contribution in [3.05, 3.63) is 29.8 Å². The molecular weight excluding hydrogens is 248 g/mol. The minimum atomic E-state index is -0.331. The van der Waals surface area contributed by atoms with Crippen molar-refractivity contribution in [1.82, 2.24) is 5.06 Å². The largest absolute Gasteiger partial charge is 0.490 e. The standard InChI is InChI=1S/C13H12N2O4/c14-9-10-3-1-2-4-11(10)18-7-8-19-15-12(16)5-6-13(15)17/h1-4H,5-8H2. The van der Waals surface area contributed by atoms with E-state index in [1.165, 1.54) is 0 Å². The molecule has 6 heteroatoms. The third-order valence-corrected chi connectivity index (χ3v) is 2.57. The van der Waals surface area contributed by atoms with Crippen molar-refractivity contribution in [3.8, 4) is 11.8 Å². The van der Waals surface area contributed by atoms with Crippen LogP contribution in [-0.4, -0.2) is 30.1 Å². The van der Waals surface area contributed by atoms with Crippen LogP contribution in [0.3, 0.4) is 0 Å². The molecule has 0 unspecified atom stereocenters. The van der Waals surface area contributed by atoms with Gasteiger partial charge in [0.15, 0.2) is 0 Å². The van der Waals surface area contributed by atoms with Crippen molar-refractivity contribution in [2.24, 2.45) is 0 Å². The van der Waals surface area contributed by atoms with Gasteiger partial charge in [-0.15, -0.1) is 0 Å². The molecule has 0 saturated carbocycles. The van der Waals surface area contributed by atoms with Gasteiger partial charge < -0.3 is 4.74 Å². The lowest BCUT2D eigenvalue weighted by Crippen LogP contribution is -2.31. The molecule has 2 amide bonds. The summed E-state index contributed by atoms with van der Waals surface area (Å²) < 4.78 is 5.36. The molecule has 0 spiro atoms. The summed E-state index contributed by atoms with van der Waals surface area (Å²) in [6, 6.07) is 8.82. The quantitative estimate of drug-likeness (QED) is 0.583. The fourth-order valence-electron chi connectivity index (χ4n) is 1.67. The highest BCUT2D eigenvalue weighted by molar-refractivity contribution is 6.00. The van der Waals surface area contributed by atoms with Gasteiger partial charge in [0.1, 0.15) is 25.0 Å². The SMILES string of the molecule is N#Cc1ccccc1OCCON1C(=O)CCC1=O. The van der Waals surface area contributed by atoms with Gasteiger partial charge in [-0.25, -0.2) is 0 Å². The van der Waals surface area contributed by atoms with E-state index in [-0.39, 0.29) is 37.9 Å². The number of ether oxygens (including phenoxy) is 1. The zero-order valence-electron chi connectivity index (χ0n) is 10.2. The Balaban J connectivity index is 1.80. The van der Waals surface area contributed by atoms with E-state index in [9.17, 15) is 9.59 Å². The van der Waals surface area contributed by atoms with Gasteiger partial charge in [0.05, 0.1) is 5.56 Å². The predicted octanol–water partition coefficient (Wildman–Crippen LogP) is 1.02. The molecule has 1 saturated heterocycles. The van der Waals surface area contributed by atoms with Crippen LogP contribution < -0.4 is 4.74 Å². The zero-order chi connectivity index (χ0) is 13.7. The van der Waals surface area contributed by atoms with Crippen LogP contribution in [0.4, 0.5) is 0 Å². The first-order valence-corrected chi connectivity index (χ1v) is 5.83. The van der Waals surface area contributed by atoms with Gasteiger partial charge in [0, 0.05) is 12.8 Å². The molecule has 0 radical (unpaired) electrons. The first kappa shape index (κ1) is 13.1. The molecule has 0 N–H and O–H groups in total. The number of nitriles is 1. The molecule has 98 valence electrons. The molecule has 0 aliphatic carbocycles. The summed E-state index contributed by atoms with van der Waals surface area (Å²) in [4.78, 5) is 27.5. The summed E-state index contributed by atoms with van der Waals surface area (Å²) in [5, 5.41) is 9.64. The fourth-order valence-corrected chi connectivity index (χ4v) is 1.67. The molecular formula is C13H12N2O4. The van der Waals surface area contributed by atoms with Crippen LogP contribution in [-0.2, 0) is 14.4 Å². The van der Waals surface area contributed by atoms with E-state index in [2.05, 4.69) is 0 Å². The maximum Gasteiger partial charge on any atom is 0.253 e. The maximum atomic E-state index is 11.2. The van der Waals surface area contributed by atoms with E-state index >= 15 is 0 Å². The second-order valence-electron chi connectivity index (χ2n) is 3.87. The van der Waals surface area contributed by atoms with Gasteiger partial charge in [-0.1, -0.05) is 12.1 Å². The monoisotopic (exact) mass is 260 g/mol. The molecule has 19 heavy (non-hydrogen) atoms. The van der Waals surface area contributed by atoms with Gasteiger partial charge in [0.2, 0.25) is 0 Å². The van der Waals surface area contributed by atoms with Crippen molar-refractivity contribution in [3.63, 3.8) is 0 Å². The molecule has 6 nitrogen and oxygen atoms in total. The van der Waals surface area contributed by atoms with E-state index in [0.29, 0.717) is 11.3 Å². The average molecular weight is 260 g/mol. The van der Waals surface area contributed by atoms with E-state index in [1.54, 1.807) is 24.3 Å². The molecule has 1 aromatic carbocycles. The molecule has 0 atom stereocenters. The van der Waals surface area contributed by atoms with Crippen LogP contribution in [0.25, 0.3) is 0 Å². The van der Waals surface area contributed by atoms with Crippen LogP contribution in [0.1, 0.15) is 18.4 Å². The van der Waals surface area contributed by atoms with E-state index in [4.69, 9.17) is 14.8 Å². The number of hydrogen-bond acceptors (Lipinski definition) is 5. The highest BCUT2D eigenvalue weighted by Crippen LogP contribution is 2.16. The third-order valence-electron chi connectivity index (χ3n) is 2.57. The summed E-state index contributed by atoms with van der Waals surface area (Å²) in [6.45, 7) is 0.215. The molecule has 0 aromatic heterocycles. The summed E-state index contributed by atoms with van der Waals surface area (Å²) >= 11 is 0. The highest BCUT2D eigenvalue weighted by atomic mass is 16.7. The molecule has 1 aliphatic rings. The molecule has 0 bridgehead atoms. The molecule has 1 aromatic rings. The molecule has 2 rings (SSSR count). The molecule has 1 fully saturated rings. The van der Waals surface area contributed by atoms with Crippen molar-refractivity contribution < 1.29 is 19.2 Å². The number of carbonyl (C=O) groups is 2. The average Bonchev–Trinajstić information content (AvgIpc) is 2.75. The van der Waals surface area contributed by atoms with Gasteiger partial charge >= 0.3 is 0 Å². The normalized spacial score (nSPS) is 14.6. The topological polar surface area (TPSA) is 79.6 Å². The van der Waals surface area contributed by atoms with E-state index in [1.807, 2.05) is 6.07 Å². The number of amides is 2. The van der Waals surface area contributed by atoms with Crippen molar-refractivity contribution in [1.29, 1.82) is 5.26 Å². The fraction of sp³-hybridized carbons (Fsp3) is 0.308. The summed E-state index contributed by atoms with van der Waals surface area (Å²) in [5.41, 5.74) is 0.427. The van der Waals surface area contributed by atoms with Gasteiger partial charge in [-0.3, -0.25) is 14.4 Å². The first-order chi connectivity index (χ1) is 9.22. The van der Waals surface area contributed by atoms with Crippen LogP contribution in [0.5, 0.6) is 5.75 Å². The number of nitrogens with zero attached hydrogens (tertiary/aromatic N) is 2. The smallest absolute Gasteiger partial charge is 0.253 e. The van der Waals surface area contributed by atoms with Crippen LogP contribution >= 0.6 is 0 Å². The van der Waals surface area contributed by atoms with Gasteiger partial charge in [-0.2, -0.15) is 10.3 Å². The predicted molar refractivity (Wildman–Crippen MR) is 63.7 cm³/mol. The number of imide groups is 1. The Morgan fingerprint density at radius 1 is 1.16 bits per heavy atom. The van der Waals surface area contributed by atoms with Crippen LogP contribution in [0, 0.1) is 11.3 Å². The molecule has 1 aliphatic heterocycles. The molecule has 1 heterocycles. The maximum absolute atomic E-state index is 11.2. The van der Waals surface area contributed by atoms with E-state index < -0.39 is 0 Å². The van der Waals surface area contributed by atoms with Gasteiger partial charge in [0.25, 0.3) is 11.8 Å². The highest BCUT2D eigenvalue weighted by Gasteiger charge is 2.29. The Morgan fingerprint density at radius 2 is 1.84 bits per heavy atom. The second-order valence-corrected chi connectivity index (χ2v) is 3.87. The minimum Gasteiger partial charge on any atom is -0.490 e. The van der Waals surface area contributed by atoms with Crippen LogP contribution in [0.2, 0.25) is 0 Å². The summed E-state index contributed by atoms with van der Waals surface area (Å²) in [6.07, 6.45) is 0.383. The minimum absolute atomic E-state index is 0.0667. The lowest BCUT2D eigenvalue weighted by Gasteiger charge is -2.13. The van der Waals surface area contributed by atoms with Crippen molar-refractivity contribution in [2.75, 3.05) is 13.2 Å². The Labute approximate surface area is 110 Å². The number of hydrogen-bond donors (Lipinski definition) is 0. The zero-order valence-corrected chi connectivity index (χ0v) is 10.2. The van der Waals surface area contributed by atoms with Crippen molar-refractivity contribution in [2.45, 2.75) is 12.8 Å². The summed E-state index contributed by atoms with van der Waals surface area (Å²) in [7, 11) is 0. The number of rotatable bonds is 5. The third kappa shape index (κ3) is 3.09. The van der Waals surface area contributed by atoms with Crippen molar-refractivity contribution >= 4 is 11.8 Å². The summed E-state index contributed by atoms with van der Waals surface area (Å²) in [5.74, 6) is -0.211. The number of para-hydroxylation sites is 1. The van der Waals surface area contributed by atoms with Crippen LogP contribution in [0.15, 0.2) is 24.3 Å². The Kier molecular flexibility index (Phi) is 4.11. The number of hydroxylamine groups is 2. The Morgan fingerprint density at radius 3 is 2.53 bits per heavy atom. The number of carbonyl (C=O) groups excluding carboxylic acids is 2. The Bertz CT molecular complexity index is 520. The lowest BCUT2D eigenvalue weighted by atomic mass is 10.2. The second kappa shape index (κ2) is 5.98. The first-order valence-electron chi connectivity index (χ1n) is 5.83. The van der Waals surface area contributed by atoms with E-state index in [0.717, 1.165) is 5.06 Å². The lowest BCUT2D eigenvalue weighted by molar-refractivity contribution is -0.189. The Hall–Kier alpha value is -2.39. The van der Waals surface area contributed by atoms with Gasteiger partial charge in [-0.05, 0) is 12.1 Å².